The van der Waals surface area contributed by atoms with Gasteiger partial charge in [-0.1, -0.05) is 0 Å². The maximum Gasteiger partial charge on any atom is 0.251 e. The number of nitrogens with one attached hydrogen (secondary N) is 2. The SMILES string of the molecule is Cn1cnc(CCNC(=O)c2ccc3[nH]ccc3c2)n1. The predicted octanol–water partition coefficient (Wildman–Crippen LogP) is 1.27. The first-order valence-electron chi connectivity index (χ1n) is 6.42. The second-order valence-electron chi connectivity index (χ2n) is 4.62. The standard InChI is InChI=1S/C14H15N5O/c1-19-9-17-13(18-19)5-7-16-14(20)11-2-3-12-10(8-11)4-6-15-12/h2-4,6,8-9,15H,5,7H2,1H3,(H,16,20). The number of carbonyl (C=O) groups excluding carboxylic acids is 1. The zero-order valence-corrected chi connectivity index (χ0v) is 11.1. The van der Waals surface area contributed by atoms with E-state index in [-0.39, 0.29) is 5.91 Å². The van der Waals surface area contributed by atoms with Crippen LogP contribution in [0.4, 0.5) is 0 Å². The van der Waals surface area contributed by atoms with E-state index in [0.717, 1.165) is 16.7 Å². The maximum absolute atomic E-state index is 12.0. The lowest BCUT2D eigenvalue weighted by molar-refractivity contribution is 0.0954. The van der Waals surface area contributed by atoms with Crippen molar-refractivity contribution in [1.29, 1.82) is 0 Å². The Kier molecular flexibility index (Phi) is 3.20. The molecule has 102 valence electrons. The Morgan fingerprint density at radius 3 is 3.10 bits per heavy atom. The lowest BCUT2D eigenvalue weighted by Gasteiger charge is -2.04. The minimum absolute atomic E-state index is 0.0796. The van der Waals surface area contributed by atoms with E-state index < -0.39 is 0 Å². The van der Waals surface area contributed by atoms with E-state index >= 15 is 0 Å². The summed E-state index contributed by atoms with van der Waals surface area (Å²) < 4.78 is 1.65. The van der Waals surface area contributed by atoms with Crippen molar-refractivity contribution in [1.82, 2.24) is 25.1 Å². The van der Waals surface area contributed by atoms with Gasteiger partial charge in [0.25, 0.3) is 5.91 Å². The number of hydrogen-bond acceptors (Lipinski definition) is 3. The normalized spacial score (nSPS) is 10.8. The predicted molar refractivity (Wildman–Crippen MR) is 75.3 cm³/mol. The van der Waals surface area contributed by atoms with Crippen LogP contribution in [0.15, 0.2) is 36.8 Å². The molecule has 0 bridgehead atoms. The van der Waals surface area contributed by atoms with Gasteiger partial charge in [0.05, 0.1) is 0 Å². The van der Waals surface area contributed by atoms with Crippen molar-refractivity contribution in [3.63, 3.8) is 0 Å². The molecule has 0 unspecified atom stereocenters. The van der Waals surface area contributed by atoms with E-state index in [4.69, 9.17) is 0 Å². The van der Waals surface area contributed by atoms with E-state index in [9.17, 15) is 4.79 Å². The lowest BCUT2D eigenvalue weighted by Crippen LogP contribution is -2.25. The molecule has 0 spiro atoms. The molecule has 6 heteroatoms. The summed E-state index contributed by atoms with van der Waals surface area (Å²) >= 11 is 0. The number of carbonyl (C=O) groups is 1. The van der Waals surface area contributed by atoms with E-state index in [2.05, 4.69) is 20.4 Å². The summed E-state index contributed by atoms with van der Waals surface area (Å²) in [6, 6.07) is 7.54. The van der Waals surface area contributed by atoms with Crippen LogP contribution in [-0.2, 0) is 13.5 Å². The highest BCUT2D eigenvalue weighted by atomic mass is 16.1. The molecule has 1 aromatic carbocycles. The first kappa shape index (κ1) is 12.4. The number of aromatic amines is 1. The summed E-state index contributed by atoms with van der Waals surface area (Å²) in [5.41, 5.74) is 1.69. The Balaban J connectivity index is 1.61. The smallest absolute Gasteiger partial charge is 0.251 e. The van der Waals surface area contributed by atoms with Crippen LogP contribution in [0.3, 0.4) is 0 Å². The quantitative estimate of drug-likeness (QED) is 0.749. The molecule has 0 radical (unpaired) electrons. The Labute approximate surface area is 115 Å². The highest BCUT2D eigenvalue weighted by Gasteiger charge is 2.07. The second-order valence-corrected chi connectivity index (χ2v) is 4.62. The molecule has 0 aliphatic rings. The molecule has 3 rings (SSSR count). The summed E-state index contributed by atoms with van der Waals surface area (Å²) in [6.07, 6.45) is 4.13. The molecule has 3 aromatic rings. The summed E-state index contributed by atoms with van der Waals surface area (Å²) in [4.78, 5) is 19.3. The molecule has 6 nitrogen and oxygen atoms in total. The lowest BCUT2D eigenvalue weighted by atomic mass is 10.1. The number of aromatic nitrogens is 4. The maximum atomic E-state index is 12.0. The van der Waals surface area contributed by atoms with Gasteiger partial charge >= 0.3 is 0 Å². The monoisotopic (exact) mass is 269 g/mol. The van der Waals surface area contributed by atoms with Crippen molar-refractivity contribution in [2.45, 2.75) is 6.42 Å². The number of fused-ring (bicyclic) bond motifs is 1. The van der Waals surface area contributed by atoms with E-state index in [1.165, 1.54) is 0 Å². The molecule has 0 aliphatic carbocycles. The summed E-state index contributed by atoms with van der Waals surface area (Å²) in [7, 11) is 1.82. The zero-order chi connectivity index (χ0) is 13.9. The van der Waals surface area contributed by atoms with Gasteiger partial charge in [-0.15, -0.1) is 0 Å². The molecule has 0 saturated carbocycles. The molecular formula is C14H15N5O. The molecule has 20 heavy (non-hydrogen) atoms. The fraction of sp³-hybridized carbons (Fsp3) is 0.214. The molecule has 0 atom stereocenters. The van der Waals surface area contributed by atoms with E-state index in [1.54, 1.807) is 11.0 Å². The molecular weight excluding hydrogens is 254 g/mol. The first-order chi connectivity index (χ1) is 9.72. The highest BCUT2D eigenvalue weighted by molar-refractivity contribution is 5.98. The van der Waals surface area contributed by atoms with Gasteiger partial charge in [0.15, 0.2) is 5.82 Å². The Morgan fingerprint density at radius 1 is 1.40 bits per heavy atom. The van der Waals surface area contributed by atoms with Crippen molar-refractivity contribution < 1.29 is 4.79 Å². The Bertz CT molecular complexity index is 743. The van der Waals surface area contributed by atoms with Gasteiger partial charge in [0.2, 0.25) is 0 Å². The minimum atomic E-state index is -0.0796. The molecule has 1 amide bonds. The third-order valence-electron chi connectivity index (χ3n) is 3.10. The number of amides is 1. The van der Waals surface area contributed by atoms with Gasteiger partial charge < -0.3 is 10.3 Å². The van der Waals surface area contributed by atoms with Crippen molar-refractivity contribution in [3.05, 3.63) is 48.2 Å². The van der Waals surface area contributed by atoms with Crippen LogP contribution in [0.2, 0.25) is 0 Å². The summed E-state index contributed by atoms with van der Waals surface area (Å²) in [6.45, 7) is 0.522. The Hall–Kier alpha value is -2.63. The molecule has 2 N–H and O–H groups in total. The highest BCUT2D eigenvalue weighted by Crippen LogP contribution is 2.14. The van der Waals surface area contributed by atoms with Crippen molar-refractivity contribution in [2.75, 3.05) is 6.54 Å². The molecule has 2 heterocycles. The average molecular weight is 269 g/mol. The van der Waals surface area contributed by atoms with Gasteiger partial charge in [-0.05, 0) is 24.3 Å². The number of nitrogens with zero attached hydrogens (tertiary/aromatic N) is 3. The van der Waals surface area contributed by atoms with E-state index in [0.29, 0.717) is 18.5 Å². The van der Waals surface area contributed by atoms with Gasteiger partial charge in [0.1, 0.15) is 6.33 Å². The van der Waals surface area contributed by atoms with Crippen molar-refractivity contribution in [3.8, 4) is 0 Å². The summed E-state index contributed by atoms with van der Waals surface area (Å²) in [5.74, 6) is 0.651. The van der Waals surface area contributed by atoms with Crippen LogP contribution in [-0.4, -0.2) is 32.2 Å². The van der Waals surface area contributed by atoms with Crippen LogP contribution in [0, 0.1) is 0 Å². The zero-order valence-electron chi connectivity index (χ0n) is 11.1. The van der Waals surface area contributed by atoms with Gasteiger partial charge in [-0.2, -0.15) is 5.10 Å². The number of benzene rings is 1. The fourth-order valence-corrected chi connectivity index (χ4v) is 2.08. The van der Waals surface area contributed by atoms with Crippen LogP contribution in [0.5, 0.6) is 0 Å². The topological polar surface area (TPSA) is 75.6 Å². The summed E-state index contributed by atoms with van der Waals surface area (Å²) in [5, 5.41) is 8.07. The van der Waals surface area contributed by atoms with Crippen LogP contribution in [0.1, 0.15) is 16.2 Å². The van der Waals surface area contributed by atoms with Gasteiger partial charge in [-0.3, -0.25) is 9.48 Å². The number of rotatable bonds is 4. The van der Waals surface area contributed by atoms with Crippen LogP contribution in [0.25, 0.3) is 10.9 Å². The fourth-order valence-electron chi connectivity index (χ4n) is 2.08. The van der Waals surface area contributed by atoms with E-state index in [1.807, 2.05) is 37.5 Å². The third kappa shape index (κ3) is 2.54. The third-order valence-corrected chi connectivity index (χ3v) is 3.10. The minimum Gasteiger partial charge on any atom is -0.361 e. The molecule has 0 fully saturated rings. The number of hydrogen-bond donors (Lipinski definition) is 2. The number of H-pyrrole nitrogens is 1. The molecule has 0 saturated heterocycles. The van der Waals surface area contributed by atoms with Crippen LogP contribution >= 0.6 is 0 Å². The number of aryl methyl sites for hydroxylation is 1. The van der Waals surface area contributed by atoms with Crippen LogP contribution < -0.4 is 5.32 Å². The molecule has 2 aromatic heterocycles. The Morgan fingerprint density at radius 2 is 2.30 bits per heavy atom. The second kappa shape index (κ2) is 5.16. The first-order valence-corrected chi connectivity index (χ1v) is 6.42. The van der Waals surface area contributed by atoms with Gasteiger partial charge in [-0.25, -0.2) is 4.98 Å². The largest absolute Gasteiger partial charge is 0.361 e. The van der Waals surface area contributed by atoms with Crippen molar-refractivity contribution in [2.24, 2.45) is 7.05 Å². The van der Waals surface area contributed by atoms with Gasteiger partial charge in [0, 0.05) is 42.7 Å². The average Bonchev–Trinajstić information content (AvgIpc) is 3.06. The molecule has 0 aliphatic heterocycles. The van der Waals surface area contributed by atoms with Crippen molar-refractivity contribution >= 4 is 16.8 Å².